The Balaban J connectivity index is 5.01. The lowest BCUT2D eigenvalue weighted by molar-refractivity contribution is -0.154. The van der Waals surface area contributed by atoms with Gasteiger partial charge in [-0.3, -0.25) is 14.4 Å². The van der Waals surface area contributed by atoms with Gasteiger partial charge in [0.15, 0.2) is 0 Å². The fraction of sp³-hybridized carbons (Fsp3) is 0.643. The van der Waals surface area contributed by atoms with Crippen LogP contribution in [0.1, 0.15) is 34.1 Å². The van der Waals surface area contributed by atoms with Crippen LogP contribution in [0.4, 0.5) is 4.79 Å². The lowest BCUT2D eigenvalue weighted by Gasteiger charge is -2.26. The Morgan fingerprint density at radius 2 is 1.67 bits per heavy atom. The molecule has 0 spiro atoms. The zero-order valence-electron chi connectivity index (χ0n) is 14.0. The summed E-state index contributed by atoms with van der Waals surface area (Å²) in [5, 5.41) is 6.33. The summed E-state index contributed by atoms with van der Waals surface area (Å²) in [6.07, 6.45) is -0.372. The van der Waals surface area contributed by atoms with Gasteiger partial charge in [-0.1, -0.05) is 19.6 Å². The maximum atomic E-state index is 12.2. The average Bonchev–Trinajstić information content (AvgIpc) is 2.50. The molecule has 24 heavy (non-hydrogen) atoms. The predicted octanol–water partition coefficient (Wildman–Crippen LogP) is -0.456. The fourth-order valence-electron chi connectivity index (χ4n) is 1.62. The number of ether oxygens (including phenoxy) is 1. The number of rotatable bonds is 9. The Morgan fingerprint density at radius 3 is 2.12 bits per heavy atom. The first kappa shape index (κ1) is 21.9. The third-order valence-corrected chi connectivity index (χ3v) is 3.09. The van der Waals surface area contributed by atoms with Gasteiger partial charge >= 0.3 is 5.97 Å². The molecule has 0 aromatic rings. The summed E-state index contributed by atoms with van der Waals surface area (Å²) in [6.45, 7) is 5.86. The highest BCUT2D eigenvalue weighted by atomic mass is 32.1. The van der Waals surface area contributed by atoms with E-state index in [2.05, 4.69) is 28.6 Å². The summed E-state index contributed by atoms with van der Waals surface area (Å²) in [5.74, 6) is -1.88. The topological polar surface area (TPSA) is 131 Å². The first-order valence-corrected chi connectivity index (χ1v) is 7.82. The van der Waals surface area contributed by atoms with Crippen LogP contribution < -0.4 is 16.0 Å². The van der Waals surface area contributed by atoms with Gasteiger partial charge in [0.05, 0.1) is 6.04 Å². The van der Waals surface area contributed by atoms with E-state index in [1.165, 1.54) is 20.8 Å². The van der Waals surface area contributed by atoms with E-state index >= 15 is 0 Å². The minimum atomic E-state index is -1.18. The third kappa shape index (κ3) is 7.95. The summed E-state index contributed by atoms with van der Waals surface area (Å²) in [4.78, 5) is 57.1. The molecule has 4 unspecified atom stereocenters. The first-order chi connectivity index (χ1) is 11.1. The van der Waals surface area contributed by atoms with Gasteiger partial charge in [0, 0.05) is 6.42 Å². The largest absolute Gasteiger partial charge is 0.458 e. The maximum absolute atomic E-state index is 12.2. The second kappa shape index (κ2) is 10.6. The summed E-state index contributed by atoms with van der Waals surface area (Å²) in [5.41, 5.74) is 0. The Hall–Kier alpha value is -2.10. The number of aldehydes is 1. The van der Waals surface area contributed by atoms with Crippen molar-refractivity contribution in [2.24, 2.45) is 0 Å². The van der Waals surface area contributed by atoms with Gasteiger partial charge in [-0.05, 0) is 20.8 Å². The van der Waals surface area contributed by atoms with E-state index in [0.29, 0.717) is 6.29 Å². The van der Waals surface area contributed by atoms with Crippen LogP contribution in [0.15, 0.2) is 0 Å². The van der Waals surface area contributed by atoms with Gasteiger partial charge < -0.3 is 25.5 Å². The number of carbonyl (C=O) groups excluding carboxylic acids is 5. The molecule has 4 atom stereocenters. The molecule has 3 N–H and O–H groups in total. The van der Waals surface area contributed by atoms with Crippen LogP contribution in [0, 0.1) is 0 Å². The second-order valence-corrected chi connectivity index (χ2v) is 5.55. The molecule has 10 heteroatoms. The van der Waals surface area contributed by atoms with Crippen molar-refractivity contribution in [2.45, 2.75) is 58.3 Å². The van der Waals surface area contributed by atoms with Crippen molar-refractivity contribution in [3.63, 3.8) is 0 Å². The molecule has 0 heterocycles. The highest BCUT2D eigenvalue weighted by molar-refractivity contribution is 7.96. The highest BCUT2D eigenvalue weighted by Gasteiger charge is 2.31. The molecule has 0 bridgehead atoms. The fourth-order valence-corrected chi connectivity index (χ4v) is 1.81. The van der Waals surface area contributed by atoms with Gasteiger partial charge in [0.25, 0.3) is 5.24 Å². The number of amides is 3. The molecule has 0 aromatic heterocycles. The molecule has 3 amide bonds. The Kier molecular flexibility index (Phi) is 9.70. The SMILES string of the molecule is CCC(=O)NC(C(=O)NC(C)C=O)C(C)OC(=O)C(C)NC(=O)S. The minimum absolute atomic E-state index is 0.125. The minimum Gasteiger partial charge on any atom is -0.458 e. The van der Waals surface area contributed by atoms with Crippen molar-refractivity contribution >= 4 is 41.9 Å². The number of thiol groups is 1. The number of hydrogen-bond acceptors (Lipinski definition) is 6. The zero-order chi connectivity index (χ0) is 18.9. The van der Waals surface area contributed by atoms with Gasteiger partial charge in [0.1, 0.15) is 24.5 Å². The summed E-state index contributed by atoms with van der Waals surface area (Å²) in [7, 11) is 0. The van der Waals surface area contributed by atoms with Crippen molar-refractivity contribution in [3.8, 4) is 0 Å². The molecule has 0 aliphatic rings. The Labute approximate surface area is 145 Å². The first-order valence-electron chi connectivity index (χ1n) is 7.37. The second-order valence-electron chi connectivity index (χ2n) is 5.15. The van der Waals surface area contributed by atoms with Crippen LogP contribution in [0.25, 0.3) is 0 Å². The van der Waals surface area contributed by atoms with Crippen molar-refractivity contribution in [1.29, 1.82) is 0 Å². The van der Waals surface area contributed by atoms with Crippen LogP contribution in [0.5, 0.6) is 0 Å². The Bertz CT molecular complexity index is 499. The van der Waals surface area contributed by atoms with Crippen molar-refractivity contribution in [2.75, 3.05) is 0 Å². The molecular weight excluding hydrogens is 338 g/mol. The standard InChI is InChI=1S/C14H23N3O6S/c1-5-10(19)17-11(12(20)15-7(2)6-18)9(4)23-13(21)8(3)16-14(22)24/h6-9,11H,5H2,1-4H3,(H,15,20)(H,17,19)(H2,16,22,24). The molecule has 0 saturated carbocycles. The number of hydrogen-bond donors (Lipinski definition) is 4. The van der Waals surface area contributed by atoms with Crippen molar-refractivity contribution in [1.82, 2.24) is 16.0 Å². The quantitative estimate of drug-likeness (QED) is 0.250. The van der Waals surface area contributed by atoms with Crippen LogP contribution >= 0.6 is 12.6 Å². The number of esters is 1. The maximum Gasteiger partial charge on any atom is 0.328 e. The molecule has 0 rings (SSSR count). The van der Waals surface area contributed by atoms with Gasteiger partial charge in [-0.2, -0.15) is 0 Å². The zero-order valence-corrected chi connectivity index (χ0v) is 14.9. The normalized spacial score (nSPS) is 15.2. The highest BCUT2D eigenvalue weighted by Crippen LogP contribution is 2.04. The molecule has 0 aromatic carbocycles. The lowest BCUT2D eigenvalue weighted by Crippen LogP contribution is -2.55. The molecular formula is C14H23N3O6S. The van der Waals surface area contributed by atoms with E-state index < -0.39 is 47.3 Å². The van der Waals surface area contributed by atoms with E-state index in [1.807, 2.05) is 0 Å². The monoisotopic (exact) mass is 361 g/mol. The van der Waals surface area contributed by atoms with Crippen molar-refractivity contribution in [3.05, 3.63) is 0 Å². The Morgan fingerprint density at radius 1 is 1.08 bits per heavy atom. The molecule has 0 saturated heterocycles. The number of nitrogens with one attached hydrogen (secondary N) is 3. The molecule has 0 radical (unpaired) electrons. The number of carbonyl (C=O) groups is 5. The van der Waals surface area contributed by atoms with Gasteiger partial charge in [0.2, 0.25) is 11.8 Å². The van der Waals surface area contributed by atoms with Crippen LogP contribution in [0.3, 0.4) is 0 Å². The van der Waals surface area contributed by atoms with Crippen LogP contribution in [-0.2, 0) is 23.9 Å². The van der Waals surface area contributed by atoms with E-state index in [1.54, 1.807) is 6.92 Å². The van der Waals surface area contributed by atoms with Crippen molar-refractivity contribution < 1.29 is 28.7 Å². The molecule has 0 aliphatic heterocycles. The molecule has 9 nitrogen and oxygen atoms in total. The van der Waals surface area contributed by atoms with E-state index in [4.69, 9.17) is 4.74 Å². The van der Waals surface area contributed by atoms with E-state index in [9.17, 15) is 24.0 Å². The van der Waals surface area contributed by atoms with E-state index in [0.717, 1.165) is 0 Å². The summed E-state index contributed by atoms with van der Waals surface area (Å²) < 4.78 is 5.11. The summed E-state index contributed by atoms with van der Waals surface area (Å²) >= 11 is 3.49. The molecule has 0 aliphatic carbocycles. The van der Waals surface area contributed by atoms with E-state index in [-0.39, 0.29) is 6.42 Å². The lowest BCUT2D eigenvalue weighted by atomic mass is 10.1. The summed E-state index contributed by atoms with van der Waals surface area (Å²) in [6, 6.07) is -2.91. The average molecular weight is 361 g/mol. The third-order valence-electron chi connectivity index (χ3n) is 2.96. The smallest absolute Gasteiger partial charge is 0.328 e. The predicted molar refractivity (Wildman–Crippen MR) is 88.4 cm³/mol. The van der Waals surface area contributed by atoms with Crippen LogP contribution in [-0.4, -0.2) is 53.5 Å². The molecule has 0 fully saturated rings. The van der Waals surface area contributed by atoms with Crippen LogP contribution in [0.2, 0.25) is 0 Å². The van der Waals surface area contributed by atoms with Gasteiger partial charge in [-0.15, -0.1) is 0 Å². The molecule has 136 valence electrons. The van der Waals surface area contributed by atoms with Gasteiger partial charge in [-0.25, -0.2) is 4.79 Å².